The standard InChI is InChI=1S/C74H40N4OS2/c75-41-59-66(44-19-6-2-7-20-44)60(42-76)69(78-70-52(33-35-55-51-25-12-15-30-64(51)80-73(55)70)53-34-36-56-58-39-46(43-17-4-1-5-18-43)32-38-65(58)81-74(56)71(53)78)67(45-21-8-3-9-22-45)68(59)77-61-28-13-10-23-49(61)57-40-47(31-37-62(57)77)48-26-16-27-54-50-24-11-14-29-63(50)79-72(48)54/h1-40H. The Hall–Kier alpha value is -10.5. The molecule has 0 amide bonds. The average Bonchev–Trinajstić information content (AvgIpc) is 4.55. The number of nitriles is 2. The first-order chi connectivity index (χ1) is 40.1. The summed E-state index contributed by atoms with van der Waals surface area (Å²) < 4.78 is 16.0. The third-order valence-electron chi connectivity index (χ3n) is 16.6. The molecule has 0 aliphatic rings. The molecule has 0 saturated heterocycles. The minimum Gasteiger partial charge on any atom is -0.455 e. The molecular weight excluding hydrogens is 1020 g/mol. The molecule has 0 aliphatic heterocycles. The summed E-state index contributed by atoms with van der Waals surface area (Å²) >= 11 is 3.59. The molecule has 5 heterocycles. The molecule has 81 heavy (non-hydrogen) atoms. The van der Waals surface area contributed by atoms with E-state index in [4.69, 9.17) is 4.42 Å². The maximum absolute atomic E-state index is 12.3. The molecule has 17 rings (SSSR count). The Morgan fingerprint density at radius 2 is 0.852 bits per heavy atom. The van der Waals surface area contributed by atoms with Crippen LogP contribution in [0.2, 0.25) is 0 Å². The first-order valence-electron chi connectivity index (χ1n) is 27.0. The highest BCUT2D eigenvalue weighted by Gasteiger charge is 2.33. The van der Waals surface area contributed by atoms with E-state index < -0.39 is 0 Å². The van der Waals surface area contributed by atoms with Crippen LogP contribution in [0.5, 0.6) is 0 Å². The van der Waals surface area contributed by atoms with Crippen LogP contribution in [-0.4, -0.2) is 9.13 Å². The number of hydrogen-bond acceptors (Lipinski definition) is 5. The van der Waals surface area contributed by atoms with Gasteiger partial charge < -0.3 is 13.6 Å². The Labute approximate surface area is 471 Å². The highest BCUT2D eigenvalue weighted by Crippen LogP contribution is 2.53. The molecule has 0 aliphatic carbocycles. The van der Waals surface area contributed by atoms with Crippen molar-refractivity contribution in [2.24, 2.45) is 0 Å². The highest BCUT2D eigenvalue weighted by molar-refractivity contribution is 7.27. The van der Waals surface area contributed by atoms with Crippen LogP contribution in [0, 0.1) is 22.7 Å². The first-order valence-corrected chi connectivity index (χ1v) is 28.7. The van der Waals surface area contributed by atoms with E-state index in [1.54, 1.807) is 22.7 Å². The van der Waals surface area contributed by atoms with Gasteiger partial charge in [-0.25, -0.2) is 0 Å². The van der Waals surface area contributed by atoms with Crippen LogP contribution in [-0.2, 0) is 0 Å². The lowest BCUT2D eigenvalue weighted by atomic mass is 9.86. The van der Waals surface area contributed by atoms with Crippen LogP contribution in [0.25, 0.3) is 162 Å². The summed E-state index contributed by atoms with van der Waals surface area (Å²) in [5.41, 5.74) is 15.2. The number of nitrogens with zero attached hydrogens (tertiary/aromatic N) is 4. The largest absolute Gasteiger partial charge is 0.455 e. The van der Waals surface area contributed by atoms with Gasteiger partial charge >= 0.3 is 0 Å². The lowest BCUT2D eigenvalue weighted by Crippen LogP contribution is -2.11. The van der Waals surface area contributed by atoms with Gasteiger partial charge in [0.05, 0.1) is 54.0 Å². The lowest BCUT2D eigenvalue weighted by molar-refractivity contribution is 0.670. The molecule has 0 N–H and O–H groups in total. The van der Waals surface area contributed by atoms with Crippen molar-refractivity contribution >= 4 is 129 Å². The summed E-state index contributed by atoms with van der Waals surface area (Å²) in [4.78, 5) is 0. The molecule has 7 heteroatoms. The van der Waals surface area contributed by atoms with Crippen LogP contribution in [0.4, 0.5) is 0 Å². The number of thiophene rings is 2. The molecule has 17 aromatic rings. The normalized spacial score (nSPS) is 11.9. The van der Waals surface area contributed by atoms with Gasteiger partial charge in [0.15, 0.2) is 0 Å². The predicted molar refractivity (Wildman–Crippen MR) is 339 cm³/mol. The lowest BCUT2D eigenvalue weighted by Gasteiger charge is -2.25. The molecular formula is C74H40N4OS2. The molecule has 5 nitrogen and oxygen atoms in total. The van der Waals surface area contributed by atoms with Gasteiger partial charge in [-0.3, -0.25) is 0 Å². The second-order valence-corrected chi connectivity index (χ2v) is 22.9. The molecule has 0 saturated carbocycles. The number of aromatic nitrogens is 2. The summed E-state index contributed by atoms with van der Waals surface area (Å²) in [6, 6.07) is 91.2. The molecule has 374 valence electrons. The highest BCUT2D eigenvalue weighted by atomic mass is 32.1. The Bertz CT molecular complexity index is 5610. The number of rotatable bonds is 6. The molecule has 0 radical (unpaired) electrons. The quantitative estimate of drug-likeness (QED) is 0.167. The minimum atomic E-state index is 0.410. The number of hydrogen-bond donors (Lipinski definition) is 0. The van der Waals surface area contributed by atoms with Crippen molar-refractivity contribution in [1.29, 1.82) is 10.5 Å². The predicted octanol–water partition coefficient (Wildman–Crippen LogP) is 20.9. The van der Waals surface area contributed by atoms with Gasteiger partial charge in [0, 0.05) is 80.0 Å². The fraction of sp³-hybridized carbons (Fsp3) is 0. The third kappa shape index (κ3) is 6.50. The van der Waals surface area contributed by atoms with E-state index in [9.17, 15) is 10.5 Å². The van der Waals surface area contributed by atoms with Crippen molar-refractivity contribution in [3.05, 3.63) is 254 Å². The van der Waals surface area contributed by atoms with Crippen LogP contribution in [0.1, 0.15) is 11.1 Å². The molecule has 12 aromatic carbocycles. The smallest absolute Gasteiger partial charge is 0.143 e. The van der Waals surface area contributed by atoms with E-state index in [0.29, 0.717) is 22.4 Å². The van der Waals surface area contributed by atoms with E-state index >= 15 is 0 Å². The van der Waals surface area contributed by atoms with Gasteiger partial charge in [-0.05, 0) is 70.3 Å². The zero-order valence-electron chi connectivity index (χ0n) is 43.1. The summed E-state index contributed by atoms with van der Waals surface area (Å²) in [6.45, 7) is 0. The van der Waals surface area contributed by atoms with Gasteiger partial charge in [-0.15, -0.1) is 22.7 Å². The van der Waals surface area contributed by atoms with Crippen molar-refractivity contribution in [1.82, 2.24) is 9.13 Å². The molecule has 0 spiro atoms. The van der Waals surface area contributed by atoms with Crippen LogP contribution < -0.4 is 0 Å². The number of para-hydroxylation sites is 3. The van der Waals surface area contributed by atoms with E-state index in [1.165, 1.54) is 20.2 Å². The minimum absolute atomic E-state index is 0.410. The molecule has 0 unspecified atom stereocenters. The van der Waals surface area contributed by atoms with Crippen LogP contribution in [0.15, 0.2) is 247 Å². The van der Waals surface area contributed by atoms with Crippen molar-refractivity contribution < 1.29 is 4.42 Å². The van der Waals surface area contributed by atoms with Crippen LogP contribution in [0.3, 0.4) is 0 Å². The maximum atomic E-state index is 12.3. The van der Waals surface area contributed by atoms with Crippen molar-refractivity contribution in [2.75, 3.05) is 0 Å². The topological polar surface area (TPSA) is 70.6 Å². The second kappa shape index (κ2) is 17.5. The second-order valence-electron chi connectivity index (χ2n) is 20.8. The number of furan rings is 1. The van der Waals surface area contributed by atoms with E-state index in [-0.39, 0.29) is 0 Å². The summed E-state index contributed by atoms with van der Waals surface area (Å²) in [5.74, 6) is 0. The summed E-state index contributed by atoms with van der Waals surface area (Å²) in [6.07, 6.45) is 0. The Morgan fingerprint density at radius 1 is 0.333 bits per heavy atom. The summed E-state index contributed by atoms with van der Waals surface area (Å²) in [5, 5.41) is 35.6. The van der Waals surface area contributed by atoms with Crippen molar-refractivity contribution in [3.8, 4) is 68.0 Å². The zero-order valence-corrected chi connectivity index (χ0v) is 44.7. The third-order valence-corrected chi connectivity index (χ3v) is 19.0. The van der Waals surface area contributed by atoms with E-state index in [1.807, 2.05) is 48.5 Å². The summed E-state index contributed by atoms with van der Waals surface area (Å²) in [7, 11) is 0. The van der Waals surface area contributed by atoms with E-state index in [2.05, 4.69) is 215 Å². The Kier molecular flexibility index (Phi) is 9.82. The SMILES string of the molecule is N#Cc1c(-c2ccccc2)c(C#N)c(-n2c3c(ccc4c5ccccc5sc43)c3ccc4c5cc(-c6ccccc6)ccc5sc4c32)c(-c2ccccc2)c1-n1c2ccccc2c2cc(-c3cccc4c3oc3ccccc34)ccc21. The van der Waals surface area contributed by atoms with Gasteiger partial charge in [-0.1, -0.05) is 200 Å². The van der Waals surface area contributed by atoms with Gasteiger partial charge in [0.2, 0.25) is 0 Å². The average molecular weight is 1070 g/mol. The van der Waals surface area contributed by atoms with Gasteiger partial charge in [0.1, 0.15) is 23.3 Å². The monoisotopic (exact) mass is 1060 g/mol. The number of fused-ring (bicyclic) bond motifs is 17. The van der Waals surface area contributed by atoms with Crippen LogP contribution >= 0.6 is 22.7 Å². The van der Waals surface area contributed by atoms with E-state index in [0.717, 1.165) is 130 Å². The van der Waals surface area contributed by atoms with Crippen molar-refractivity contribution in [2.45, 2.75) is 0 Å². The molecule has 0 atom stereocenters. The van der Waals surface area contributed by atoms with Gasteiger partial charge in [-0.2, -0.15) is 10.5 Å². The fourth-order valence-corrected chi connectivity index (χ4v) is 15.6. The first kappa shape index (κ1) is 45.5. The molecule has 0 fully saturated rings. The maximum Gasteiger partial charge on any atom is 0.143 e. The van der Waals surface area contributed by atoms with Gasteiger partial charge in [0.25, 0.3) is 0 Å². The fourth-order valence-electron chi connectivity index (χ4n) is 13.1. The van der Waals surface area contributed by atoms with Crippen molar-refractivity contribution in [3.63, 3.8) is 0 Å². The number of benzene rings is 12. The zero-order chi connectivity index (χ0) is 53.4. The molecule has 0 bridgehead atoms. The Balaban J connectivity index is 1.07. The molecule has 5 aromatic heterocycles. The Morgan fingerprint density at radius 3 is 1.56 bits per heavy atom.